The van der Waals surface area contributed by atoms with Gasteiger partial charge in [-0.15, -0.1) is 6.42 Å². The van der Waals surface area contributed by atoms with E-state index in [9.17, 15) is 4.79 Å². The number of nitrogens with zero attached hydrogens (tertiary/aromatic N) is 1. The second-order valence-corrected chi connectivity index (χ2v) is 4.87. The first-order chi connectivity index (χ1) is 8.16. The van der Waals surface area contributed by atoms with E-state index in [-0.39, 0.29) is 6.03 Å². The van der Waals surface area contributed by atoms with Gasteiger partial charge >= 0.3 is 6.03 Å². The van der Waals surface area contributed by atoms with Gasteiger partial charge in [-0.2, -0.15) is 0 Å². The van der Waals surface area contributed by atoms with Gasteiger partial charge in [0.2, 0.25) is 0 Å². The van der Waals surface area contributed by atoms with E-state index in [4.69, 9.17) is 11.8 Å². The van der Waals surface area contributed by atoms with Gasteiger partial charge in [0.1, 0.15) is 11.4 Å². The third kappa shape index (κ3) is 1.61. The van der Waals surface area contributed by atoms with Crippen LogP contribution in [0.5, 0.6) is 0 Å². The highest BCUT2D eigenvalue weighted by molar-refractivity contribution is 6.08. The molecule has 0 aromatic rings. The molecule has 1 saturated heterocycles. The zero-order valence-electron chi connectivity index (χ0n) is 10.3. The molecule has 2 fully saturated rings. The monoisotopic (exact) mass is 233 g/mol. The minimum Gasteiger partial charge on any atom is -0.300 e. The van der Waals surface area contributed by atoms with E-state index >= 15 is 0 Å². The van der Waals surface area contributed by atoms with Crippen molar-refractivity contribution in [2.24, 2.45) is 5.92 Å². The standard InChI is InChI=1S/C13H19N3O/c1-3-9-16-12(17)15-11(14)13(16)8-6-5-7-10(13)4-2/h1,10H,4-9H2,2H3,(H2,14,15,17). The summed E-state index contributed by atoms with van der Waals surface area (Å²) >= 11 is 0. The molecule has 0 aromatic carbocycles. The Hall–Kier alpha value is -1.50. The molecule has 1 spiro atoms. The number of amides is 2. The number of hydrogen-bond donors (Lipinski definition) is 2. The molecule has 0 aromatic heterocycles. The van der Waals surface area contributed by atoms with Crippen LogP contribution in [0.2, 0.25) is 0 Å². The van der Waals surface area contributed by atoms with Gasteiger partial charge in [-0.05, 0) is 18.8 Å². The molecular weight excluding hydrogens is 214 g/mol. The Morgan fingerprint density at radius 3 is 3.06 bits per heavy atom. The lowest BCUT2D eigenvalue weighted by Crippen LogP contribution is -2.56. The van der Waals surface area contributed by atoms with E-state index in [1.165, 1.54) is 6.42 Å². The van der Waals surface area contributed by atoms with Crippen molar-refractivity contribution in [1.82, 2.24) is 10.2 Å². The van der Waals surface area contributed by atoms with Crippen LogP contribution in [0.25, 0.3) is 0 Å². The van der Waals surface area contributed by atoms with Gasteiger partial charge in [-0.1, -0.05) is 32.1 Å². The number of carbonyl (C=O) groups is 1. The van der Waals surface area contributed by atoms with Crippen LogP contribution in [-0.4, -0.2) is 28.9 Å². The van der Waals surface area contributed by atoms with E-state index in [1.54, 1.807) is 4.90 Å². The van der Waals surface area contributed by atoms with Crippen LogP contribution in [0.4, 0.5) is 4.79 Å². The second-order valence-electron chi connectivity index (χ2n) is 4.87. The Morgan fingerprint density at radius 2 is 2.41 bits per heavy atom. The summed E-state index contributed by atoms with van der Waals surface area (Å²) < 4.78 is 0. The van der Waals surface area contributed by atoms with E-state index in [0.717, 1.165) is 25.7 Å². The molecule has 2 N–H and O–H groups in total. The van der Waals surface area contributed by atoms with E-state index in [1.807, 2.05) is 0 Å². The van der Waals surface area contributed by atoms with Gasteiger partial charge in [-0.25, -0.2) is 4.79 Å². The summed E-state index contributed by atoms with van der Waals surface area (Å²) in [7, 11) is 0. The van der Waals surface area contributed by atoms with Gasteiger partial charge in [0.05, 0.1) is 6.54 Å². The van der Waals surface area contributed by atoms with Crippen LogP contribution < -0.4 is 5.32 Å². The molecule has 2 unspecified atom stereocenters. The molecule has 2 atom stereocenters. The van der Waals surface area contributed by atoms with Crippen molar-refractivity contribution in [1.29, 1.82) is 5.41 Å². The van der Waals surface area contributed by atoms with Crippen molar-refractivity contribution >= 4 is 11.9 Å². The molecule has 0 bridgehead atoms. The normalized spacial score (nSPS) is 32.7. The van der Waals surface area contributed by atoms with Gasteiger partial charge in [0.15, 0.2) is 0 Å². The Balaban J connectivity index is 2.39. The SMILES string of the molecule is C#CCN1C(=O)NC(=N)C12CCCCC2CC. The van der Waals surface area contributed by atoms with Crippen molar-refractivity contribution in [3.05, 3.63) is 0 Å². The summed E-state index contributed by atoms with van der Waals surface area (Å²) in [5, 5.41) is 10.8. The van der Waals surface area contributed by atoms with Crippen LogP contribution in [0.3, 0.4) is 0 Å². The number of amidine groups is 1. The lowest BCUT2D eigenvalue weighted by molar-refractivity contribution is 0.104. The molecule has 92 valence electrons. The summed E-state index contributed by atoms with van der Waals surface area (Å²) in [6, 6.07) is -0.201. The van der Waals surface area contributed by atoms with E-state index in [2.05, 4.69) is 18.2 Å². The van der Waals surface area contributed by atoms with Crippen LogP contribution in [-0.2, 0) is 0 Å². The molecule has 1 aliphatic carbocycles. The molecule has 2 amide bonds. The number of hydrogen-bond acceptors (Lipinski definition) is 2. The molecule has 0 radical (unpaired) electrons. The maximum Gasteiger partial charge on any atom is 0.324 e. The summed E-state index contributed by atoms with van der Waals surface area (Å²) in [6.07, 6.45) is 10.5. The van der Waals surface area contributed by atoms with Gasteiger partial charge in [-0.3, -0.25) is 10.7 Å². The first-order valence-corrected chi connectivity index (χ1v) is 6.28. The van der Waals surface area contributed by atoms with Crippen molar-refractivity contribution in [2.45, 2.75) is 44.6 Å². The highest BCUT2D eigenvalue weighted by Crippen LogP contribution is 2.42. The molecule has 1 saturated carbocycles. The number of terminal acetylenes is 1. The molecule has 2 rings (SSSR count). The van der Waals surface area contributed by atoms with Crippen molar-refractivity contribution in [2.75, 3.05) is 6.54 Å². The highest BCUT2D eigenvalue weighted by Gasteiger charge is 2.54. The third-order valence-corrected chi connectivity index (χ3v) is 4.17. The Kier molecular flexibility index (Phi) is 3.10. The number of rotatable bonds is 2. The predicted molar refractivity (Wildman–Crippen MR) is 66.8 cm³/mol. The van der Waals surface area contributed by atoms with Crippen molar-refractivity contribution in [3.63, 3.8) is 0 Å². The van der Waals surface area contributed by atoms with Crippen molar-refractivity contribution < 1.29 is 4.79 Å². The molecule has 17 heavy (non-hydrogen) atoms. The smallest absolute Gasteiger partial charge is 0.300 e. The van der Waals surface area contributed by atoms with Crippen molar-refractivity contribution in [3.8, 4) is 12.3 Å². The van der Waals surface area contributed by atoms with Crippen LogP contribution in [0, 0.1) is 23.7 Å². The minimum atomic E-state index is -0.448. The maximum atomic E-state index is 11.9. The average Bonchev–Trinajstić information content (AvgIpc) is 2.55. The summed E-state index contributed by atoms with van der Waals surface area (Å²) in [6.45, 7) is 2.42. The highest BCUT2D eigenvalue weighted by atomic mass is 16.2. The Bertz CT molecular complexity index is 385. The van der Waals surface area contributed by atoms with E-state index < -0.39 is 5.54 Å². The summed E-state index contributed by atoms with van der Waals surface area (Å²) in [4.78, 5) is 13.6. The van der Waals surface area contributed by atoms with Crippen LogP contribution in [0.15, 0.2) is 0 Å². The topological polar surface area (TPSA) is 56.2 Å². The Morgan fingerprint density at radius 1 is 1.65 bits per heavy atom. The first-order valence-electron chi connectivity index (χ1n) is 6.28. The summed E-state index contributed by atoms with van der Waals surface area (Å²) in [5.74, 6) is 3.25. The molecule has 1 heterocycles. The largest absolute Gasteiger partial charge is 0.324 e. The summed E-state index contributed by atoms with van der Waals surface area (Å²) in [5.41, 5.74) is -0.448. The molecule has 1 aliphatic heterocycles. The predicted octanol–water partition coefficient (Wildman–Crippen LogP) is 1.96. The minimum absolute atomic E-state index is 0.201. The number of nitrogens with one attached hydrogen (secondary N) is 2. The fourth-order valence-corrected chi connectivity index (χ4v) is 3.36. The third-order valence-electron chi connectivity index (χ3n) is 4.17. The average molecular weight is 233 g/mol. The zero-order chi connectivity index (χ0) is 12.5. The van der Waals surface area contributed by atoms with Gasteiger partial charge in [0.25, 0.3) is 0 Å². The fraction of sp³-hybridized carbons (Fsp3) is 0.692. The van der Waals surface area contributed by atoms with Gasteiger partial charge in [0, 0.05) is 0 Å². The number of urea groups is 1. The van der Waals surface area contributed by atoms with Crippen LogP contribution >= 0.6 is 0 Å². The molecular formula is C13H19N3O. The quantitative estimate of drug-likeness (QED) is 0.704. The first kappa shape index (κ1) is 12.0. The van der Waals surface area contributed by atoms with Gasteiger partial charge < -0.3 is 4.90 Å². The molecule has 4 nitrogen and oxygen atoms in total. The van der Waals surface area contributed by atoms with E-state index in [0.29, 0.717) is 18.3 Å². The fourth-order valence-electron chi connectivity index (χ4n) is 3.36. The lowest BCUT2D eigenvalue weighted by atomic mass is 9.70. The maximum absolute atomic E-state index is 11.9. The zero-order valence-corrected chi connectivity index (χ0v) is 10.3. The lowest BCUT2D eigenvalue weighted by Gasteiger charge is -2.45. The molecule has 4 heteroatoms. The second kappa shape index (κ2) is 4.40. The molecule has 2 aliphatic rings. The van der Waals surface area contributed by atoms with Crippen LogP contribution in [0.1, 0.15) is 39.0 Å². The number of carbonyl (C=O) groups excluding carboxylic acids is 1. The Labute approximate surface area is 102 Å².